The quantitative estimate of drug-likeness (QED) is 0.788. The zero-order chi connectivity index (χ0) is 12.5. The molecule has 1 aromatic rings. The standard InChI is InChI=1S/C12H16N2O2S2/c1-8-13-9(7-18-8)12(15)14-3-5-17-11-6-16-4-2-10(11)14/h7,10-11H,2-6H2,1H3/t10-,11-/m1/s1. The number of carbonyl (C=O) groups excluding carboxylic acids is 1. The summed E-state index contributed by atoms with van der Waals surface area (Å²) in [7, 11) is 0. The van der Waals surface area contributed by atoms with Crippen molar-refractivity contribution in [2.45, 2.75) is 24.6 Å². The number of amides is 1. The van der Waals surface area contributed by atoms with Gasteiger partial charge in [0.05, 0.1) is 11.6 Å². The van der Waals surface area contributed by atoms with Crippen LogP contribution in [0.5, 0.6) is 0 Å². The third-order valence-corrected chi connectivity index (χ3v) is 5.50. The number of rotatable bonds is 1. The second-order valence-corrected chi connectivity index (χ2v) is 7.00. The highest BCUT2D eigenvalue weighted by Gasteiger charge is 2.37. The van der Waals surface area contributed by atoms with Crippen LogP contribution in [0.4, 0.5) is 0 Å². The van der Waals surface area contributed by atoms with Gasteiger partial charge >= 0.3 is 0 Å². The summed E-state index contributed by atoms with van der Waals surface area (Å²) in [6.07, 6.45) is 0.951. The molecule has 2 aliphatic heterocycles. The minimum absolute atomic E-state index is 0.0940. The molecular formula is C12H16N2O2S2. The van der Waals surface area contributed by atoms with Gasteiger partial charge < -0.3 is 9.64 Å². The molecule has 0 aliphatic carbocycles. The number of thioether (sulfide) groups is 1. The molecule has 0 aromatic carbocycles. The zero-order valence-electron chi connectivity index (χ0n) is 10.3. The van der Waals surface area contributed by atoms with Crippen molar-refractivity contribution in [1.82, 2.24) is 9.88 Å². The molecule has 2 saturated heterocycles. The zero-order valence-corrected chi connectivity index (χ0v) is 11.9. The van der Waals surface area contributed by atoms with Gasteiger partial charge in [0.1, 0.15) is 5.69 Å². The molecule has 1 aromatic heterocycles. The molecule has 0 bridgehead atoms. The topological polar surface area (TPSA) is 42.4 Å². The van der Waals surface area contributed by atoms with Gasteiger partial charge in [-0.05, 0) is 13.3 Å². The van der Waals surface area contributed by atoms with Crippen molar-refractivity contribution in [1.29, 1.82) is 0 Å². The second kappa shape index (κ2) is 5.19. The van der Waals surface area contributed by atoms with Gasteiger partial charge in [0.25, 0.3) is 5.91 Å². The SMILES string of the molecule is Cc1nc(C(=O)N2CCS[C@@H]3COCC[C@H]32)cs1. The van der Waals surface area contributed by atoms with E-state index in [1.807, 2.05) is 29.0 Å². The molecule has 0 spiro atoms. The molecule has 2 aliphatic rings. The molecule has 98 valence electrons. The summed E-state index contributed by atoms with van der Waals surface area (Å²) in [5, 5.41) is 3.26. The predicted molar refractivity (Wildman–Crippen MR) is 73.4 cm³/mol. The van der Waals surface area contributed by atoms with E-state index in [1.54, 1.807) is 0 Å². The fourth-order valence-electron chi connectivity index (χ4n) is 2.55. The first-order valence-electron chi connectivity index (χ1n) is 6.18. The normalized spacial score (nSPS) is 27.9. The molecular weight excluding hydrogens is 268 g/mol. The maximum absolute atomic E-state index is 12.5. The van der Waals surface area contributed by atoms with Crippen molar-refractivity contribution in [2.24, 2.45) is 0 Å². The van der Waals surface area contributed by atoms with Gasteiger partial charge in [-0.2, -0.15) is 11.8 Å². The van der Waals surface area contributed by atoms with E-state index in [1.165, 1.54) is 11.3 Å². The first kappa shape index (κ1) is 12.4. The molecule has 2 atom stereocenters. The Hall–Kier alpha value is -0.590. The lowest BCUT2D eigenvalue weighted by molar-refractivity contribution is 0.0316. The lowest BCUT2D eigenvalue weighted by Gasteiger charge is -2.43. The summed E-state index contributed by atoms with van der Waals surface area (Å²) < 4.78 is 5.50. The van der Waals surface area contributed by atoms with Crippen molar-refractivity contribution < 1.29 is 9.53 Å². The first-order valence-corrected chi connectivity index (χ1v) is 8.11. The van der Waals surface area contributed by atoms with E-state index in [0.717, 1.165) is 36.9 Å². The van der Waals surface area contributed by atoms with E-state index in [0.29, 0.717) is 17.0 Å². The summed E-state index contributed by atoms with van der Waals surface area (Å²) in [6, 6.07) is 0.326. The van der Waals surface area contributed by atoms with Crippen molar-refractivity contribution in [3.8, 4) is 0 Å². The summed E-state index contributed by atoms with van der Waals surface area (Å²) in [5.74, 6) is 1.09. The van der Waals surface area contributed by atoms with Gasteiger partial charge in [0.15, 0.2) is 0 Å². The van der Waals surface area contributed by atoms with E-state index >= 15 is 0 Å². The lowest BCUT2D eigenvalue weighted by atomic mass is 10.1. The highest BCUT2D eigenvalue weighted by atomic mass is 32.2. The molecule has 3 heterocycles. The van der Waals surface area contributed by atoms with E-state index < -0.39 is 0 Å². The second-order valence-electron chi connectivity index (χ2n) is 4.59. The van der Waals surface area contributed by atoms with Crippen LogP contribution in [0.25, 0.3) is 0 Å². The molecule has 2 fully saturated rings. The van der Waals surface area contributed by atoms with Crippen molar-refractivity contribution in [2.75, 3.05) is 25.5 Å². The van der Waals surface area contributed by atoms with Crippen LogP contribution < -0.4 is 0 Å². The highest BCUT2D eigenvalue weighted by Crippen LogP contribution is 2.31. The molecule has 6 heteroatoms. The Labute approximate surface area is 115 Å². The van der Waals surface area contributed by atoms with Crippen molar-refractivity contribution >= 4 is 29.0 Å². The number of carbonyl (C=O) groups is 1. The summed E-state index contributed by atoms with van der Waals surface area (Å²) in [6.45, 7) is 4.31. The smallest absolute Gasteiger partial charge is 0.273 e. The van der Waals surface area contributed by atoms with Crippen LogP contribution >= 0.6 is 23.1 Å². The molecule has 18 heavy (non-hydrogen) atoms. The fraction of sp³-hybridized carbons (Fsp3) is 0.667. The third kappa shape index (κ3) is 2.29. The predicted octanol–water partition coefficient (Wildman–Crippen LogP) is 1.80. The fourth-order valence-corrected chi connectivity index (χ4v) is 4.43. The minimum atomic E-state index is 0.0940. The molecule has 3 rings (SSSR count). The molecule has 0 radical (unpaired) electrons. The van der Waals surface area contributed by atoms with Crippen molar-refractivity contribution in [3.63, 3.8) is 0 Å². The third-order valence-electron chi connectivity index (χ3n) is 3.43. The van der Waals surface area contributed by atoms with E-state index in [4.69, 9.17) is 4.74 Å². The maximum atomic E-state index is 12.5. The number of aryl methyl sites for hydroxylation is 1. The molecule has 4 nitrogen and oxygen atoms in total. The van der Waals surface area contributed by atoms with E-state index in [2.05, 4.69) is 4.98 Å². The minimum Gasteiger partial charge on any atom is -0.380 e. The Morgan fingerprint density at radius 1 is 1.61 bits per heavy atom. The average Bonchev–Trinajstić information content (AvgIpc) is 2.84. The number of ether oxygens (including phenoxy) is 1. The van der Waals surface area contributed by atoms with Crippen LogP contribution in [-0.2, 0) is 4.74 Å². The monoisotopic (exact) mass is 284 g/mol. The summed E-state index contributed by atoms with van der Waals surface area (Å²) in [5.41, 5.74) is 0.606. The van der Waals surface area contributed by atoms with Gasteiger partial charge in [-0.15, -0.1) is 11.3 Å². The number of fused-ring (bicyclic) bond motifs is 1. The molecule has 0 N–H and O–H groups in total. The number of thiazole rings is 1. The van der Waals surface area contributed by atoms with Crippen LogP contribution in [0, 0.1) is 6.92 Å². The molecule has 1 amide bonds. The Balaban J connectivity index is 1.79. The van der Waals surface area contributed by atoms with Crippen LogP contribution in [-0.4, -0.2) is 52.6 Å². The van der Waals surface area contributed by atoms with E-state index in [9.17, 15) is 4.79 Å². The number of aromatic nitrogens is 1. The van der Waals surface area contributed by atoms with E-state index in [-0.39, 0.29) is 5.91 Å². The first-order chi connectivity index (χ1) is 8.75. The highest BCUT2D eigenvalue weighted by molar-refractivity contribution is 8.00. The van der Waals surface area contributed by atoms with Crippen molar-refractivity contribution in [3.05, 3.63) is 16.1 Å². The number of hydrogen-bond acceptors (Lipinski definition) is 5. The molecule has 0 saturated carbocycles. The summed E-state index contributed by atoms with van der Waals surface area (Å²) >= 11 is 3.47. The van der Waals surface area contributed by atoms with Crippen LogP contribution in [0.15, 0.2) is 5.38 Å². The Morgan fingerprint density at radius 3 is 3.28 bits per heavy atom. The lowest BCUT2D eigenvalue weighted by Crippen LogP contribution is -2.54. The number of nitrogens with zero attached hydrogens (tertiary/aromatic N) is 2. The number of hydrogen-bond donors (Lipinski definition) is 0. The van der Waals surface area contributed by atoms with Gasteiger partial charge in [-0.1, -0.05) is 0 Å². The molecule has 0 unspecified atom stereocenters. The Morgan fingerprint density at radius 2 is 2.50 bits per heavy atom. The van der Waals surface area contributed by atoms with Crippen LogP contribution in [0.2, 0.25) is 0 Å². The van der Waals surface area contributed by atoms with Crippen LogP contribution in [0.1, 0.15) is 21.9 Å². The average molecular weight is 284 g/mol. The maximum Gasteiger partial charge on any atom is 0.273 e. The van der Waals surface area contributed by atoms with Gasteiger partial charge in [0.2, 0.25) is 0 Å². The Kier molecular flexibility index (Phi) is 3.59. The van der Waals surface area contributed by atoms with Crippen LogP contribution in [0.3, 0.4) is 0 Å². The largest absolute Gasteiger partial charge is 0.380 e. The van der Waals surface area contributed by atoms with Gasteiger partial charge in [0, 0.05) is 35.6 Å². The summed E-state index contributed by atoms with van der Waals surface area (Å²) in [4.78, 5) is 18.8. The van der Waals surface area contributed by atoms with Gasteiger partial charge in [-0.25, -0.2) is 4.98 Å². The van der Waals surface area contributed by atoms with Gasteiger partial charge in [-0.3, -0.25) is 4.79 Å². The Bertz CT molecular complexity index is 447.